The summed E-state index contributed by atoms with van der Waals surface area (Å²) in [6.45, 7) is 10.9. The number of aromatic nitrogens is 2. The van der Waals surface area contributed by atoms with Crippen LogP contribution < -0.4 is 15.6 Å². The molecule has 0 saturated carbocycles. The summed E-state index contributed by atoms with van der Waals surface area (Å²) in [4.78, 5) is 46.7. The molecule has 2 saturated heterocycles. The summed E-state index contributed by atoms with van der Waals surface area (Å²) in [5.74, 6) is -0.850. The summed E-state index contributed by atoms with van der Waals surface area (Å²) in [6.07, 6.45) is 2.33. The van der Waals surface area contributed by atoms with Gasteiger partial charge >= 0.3 is 12.1 Å². The molecule has 14 nitrogen and oxygen atoms in total. The van der Waals surface area contributed by atoms with Crippen LogP contribution in [0.3, 0.4) is 0 Å². The Balaban J connectivity index is 1.29. The molecule has 312 valence electrons. The van der Waals surface area contributed by atoms with Gasteiger partial charge in [-0.3, -0.25) is 19.6 Å². The number of benzene rings is 2. The fourth-order valence-electron chi connectivity index (χ4n) is 7.95. The molecule has 4 heterocycles. The molecule has 0 aliphatic carbocycles. The zero-order chi connectivity index (χ0) is 41.4. The number of methoxy groups -OCH3 is 2. The maximum absolute atomic E-state index is 14.1. The van der Waals surface area contributed by atoms with E-state index in [0.717, 1.165) is 51.2 Å². The van der Waals surface area contributed by atoms with Crippen molar-refractivity contribution in [2.45, 2.75) is 90.8 Å². The number of aliphatic hydroxyl groups excluding tert-OH is 1. The highest BCUT2D eigenvalue weighted by atomic mass is 16.5. The fourth-order valence-corrected chi connectivity index (χ4v) is 7.95. The predicted octanol–water partition coefficient (Wildman–Crippen LogP) is 5.55. The number of anilines is 1. The predicted molar refractivity (Wildman–Crippen MR) is 221 cm³/mol. The Morgan fingerprint density at radius 1 is 1.09 bits per heavy atom. The van der Waals surface area contributed by atoms with Crippen molar-refractivity contribution >= 4 is 34.6 Å². The number of hydrogen-bond acceptors (Lipinski definition) is 11. The van der Waals surface area contributed by atoms with Gasteiger partial charge in [-0.25, -0.2) is 10.2 Å². The summed E-state index contributed by atoms with van der Waals surface area (Å²) in [5.41, 5.74) is 9.55. The molecule has 2 fully saturated rings. The Morgan fingerprint density at radius 2 is 1.88 bits per heavy atom. The minimum Gasteiger partial charge on any atom is -0.468 e. The minimum atomic E-state index is -1.00. The number of nitrogens with one attached hydrogen (secondary N) is 2. The number of morpholine rings is 1. The molecular formula is C44H58N6O8. The number of hydrogen-bond donors (Lipinski definition) is 3. The SMILES string of the molecule is CCn1c(-c2cccnc2C(C)OC)c(CC(C)(C)CO)c2cc(N3CCO[C@@H](CC(NC(=O)OCc4ccccc4)C(=O)N4CCC[C@@H](C(=O)OC)N4)C3)ccc21. The highest BCUT2D eigenvalue weighted by Crippen LogP contribution is 2.41. The van der Waals surface area contributed by atoms with E-state index in [9.17, 15) is 19.5 Å². The third-order valence-electron chi connectivity index (χ3n) is 11.1. The number of ether oxygens (including phenoxy) is 4. The number of esters is 1. The lowest BCUT2D eigenvalue weighted by atomic mass is 9.84. The van der Waals surface area contributed by atoms with Gasteiger partial charge in [0.2, 0.25) is 0 Å². The van der Waals surface area contributed by atoms with Crippen LogP contribution in [0.4, 0.5) is 10.5 Å². The summed E-state index contributed by atoms with van der Waals surface area (Å²) in [6, 6.07) is 18.2. The first-order valence-corrected chi connectivity index (χ1v) is 20.2. The molecule has 2 aromatic carbocycles. The number of amides is 2. The Labute approximate surface area is 340 Å². The summed E-state index contributed by atoms with van der Waals surface area (Å²) >= 11 is 0. The molecule has 0 bridgehead atoms. The maximum atomic E-state index is 14.1. The number of alkyl carbamates (subject to hydrolysis) is 1. The van der Waals surface area contributed by atoms with E-state index in [1.54, 1.807) is 13.3 Å². The van der Waals surface area contributed by atoms with Crippen LogP contribution in [0.2, 0.25) is 0 Å². The molecule has 58 heavy (non-hydrogen) atoms. The van der Waals surface area contributed by atoms with Crippen molar-refractivity contribution in [1.29, 1.82) is 0 Å². The van der Waals surface area contributed by atoms with Crippen LogP contribution in [0, 0.1) is 5.41 Å². The molecule has 2 aliphatic heterocycles. The molecular weight excluding hydrogens is 741 g/mol. The van der Waals surface area contributed by atoms with Crippen molar-refractivity contribution in [2.24, 2.45) is 5.41 Å². The molecule has 2 amide bonds. The topological polar surface area (TPSA) is 157 Å². The maximum Gasteiger partial charge on any atom is 0.408 e. The zero-order valence-electron chi connectivity index (χ0n) is 34.5. The molecule has 2 unspecified atom stereocenters. The summed E-state index contributed by atoms with van der Waals surface area (Å²) in [7, 11) is 3.00. The summed E-state index contributed by atoms with van der Waals surface area (Å²) in [5, 5.41) is 15.7. The van der Waals surface area contributed by atoms with Gasteiger partial charge in [-0.1, -0.05) is 44.2 Å². The number of aliphatic hydroxyl groups is 1. The zero-order valence-corrected chi connectivity index (χ0v) is 34.5. The van der Waals surface area contributed by atoms with Gasteiger partial charge in [0.1, 0.15) is 18.7 Å². The van der Waals surface area contributed by atoms with Crippen LogP contribution in [-0.2, 0) is 48.1 Å². The lowest BCUT2D eigenvalue weighted by molar-refractivity contribution is -0.150. The van der Waals surface area contributed by atoms with Crippen molar-refractivity contribution in [2.75, 3.05) is 52.0 Å². The smallest absolute Gasteiger partial charge is 0.408 e. The largest absolute Gasteiger partial charge is 0.468 e. The number of rotatable bonds is 15. The fraction of sp³-hybridized carbons (Fsp3) is 0.500. The normalized spacial score (nSPS) is 18.5. The van der Waals surface area contributed by atoms with Gasteiger partial charge in [0.15, 0.2) is 0 Å². The molecule has 4 aromatic rings. The van der Waals surface area contributed by atoms with E-state index in [2.05, 4.69) is 65.2 Å². The Kier molecular flexibility index (Phi) is 14.1. The Morgan fingerprint density at radius 3 is 2.60 bits per heavy atom. The van der Waals surface area contributed by atoms with Gasteiger partial charge in [0, 0.05) is 74.7 Å². The van der Waals surface area contributed by atoms with Gasteiger partial charge in [-0.15, -0.1) is 0 Å². The van der Waals surface area contributed by atoms with E-state index in [4.69, 9.17) is 23.9 Å². The monoisotopic (exact) mass is 798 g/mol. The van der Waals surface area contributed by atoms with Gasteiger partial charge in [0.05, 0.1) is 37.3 Å². The Bertz CT molecular complexity index is 2040. The van der Waals surface area contributed by atoms with Crippen LogP contribution in [0.1, 0.15) is 69.9 Å². The minimum absolute atomic E-state index is 0.0223. The first kappa shape index (κ1) is 42.6. The third kappa shape index (κ3) is 9.80. The van der Waals surface area contributed by atoms with E-state index >= 15 is 0 Å². The lowest BCUT2D eigenvalue weighted by Crippen LogP contribution is -2.60. The first-order chi connectivity index (χ1) is 28.0. The molecule has 4 atom stereocenters. The number of aryl methyl sites for hydroxylation is 1. The number of nitrogens with zero attached hydrogens (tertiary/aromatic N) is 4. The van der Waals surface area contributed by atoms with Crippen molar-refractivity contribution in [3.05, 3.63) is 83.7 Å². The van der Waals surface area contributed by atoms with E-state index in [1.807, 2.05) is 43.3 Å². The molecule has 0 radical (unpaired) electrons. The third-order valence-corrected chi connectivity index (χ3v) is 11.1. The van der Waals surface area contributed by atoms with E-state index < -0.39 is 41.6 Å². The van der Waals surface area contributed by atoms with Crippen molar-refractivity contribution in [3.63, 3.8) is 0 Å². The summed E-state index contributed by atoms with van der Waals surface area (Å²) < 4.78 is 24.8. The van der Waals surface area contributed by atoms with Crippen LogP contribution in [-0.4, -0.2) is 103 Å². The van der Waals surface area contributed by atoms with Crippen molar-refractivity contribution < 1.29 is 38.4 Å². The molecule has 0 spiro atoms. The molecule has 3 N–H and O–H groups in total. The molecule has 14 heteroatoms. The van der Waals surface area contributed by atoms with Crippen molar-refractivity contribution in [3.8, 4) is 11.3 Å². The van der Waals surface area contributed by atoms with Crippen LogP contribution >= 0.6 is 0 Å². The van der Waals surface area contributed by atoms with Gasteiger partial charge < -0.3 is 38.8 Å². The van der Waals surface area contributed by atoms with Gasteiger partial charge in [-0.2, -0.15) is 0 Å². The van der Waals surface area contributed by atoms with Crippen LogP contribution in [0.5, 0.6) is 0 Å². The highest BCUT2D eigenvalue weighted by Gasteiger charge is 2.36. The number of pyridine rings is 1. The quantitative estimate of drug-likeness (QED) is 0.130. The van der Waals surface area contributed by atoms with Gasteiger partial charge in [0.25, 0.3) is 5.91 Å². The first-order valence-electron chi connectivity index (χ1n) is 20.2. The number of fused-ring (bicyclic) bond motifs is 1. The molecule has 6 rings (SSSR count). The average Bonchev–Trinajstić information content (AvgIpc) is 3.56. The van der Waals surface area contributed by atoms with Crippen molar-refractivity contribution in [1.82, 2.24) is 25.3 Å². The van der Waals surface area contributed by atoms with E-state index in [1.165, 1.54) is 12.1 Å². The van der Waals surface area contributed by atoms with Gasteiger partial charge in [-0.05, 0) is 80.0 Å². The van der Waals surface area contributed by atoms with E-state index in [-0.39, 0.29) is 25.7 Å². The lowest BCUT2D eigenvalue weighted by Gasteiger charge is -2.38. The standard InChI is InChI=1S/C44H58N6O8/c1-7-49-38-18-17-31(23-34(38)35(25-44(3,4)28-51)40(49)33-15-11-19-45-39(33)29(2)55-5)48-21-22-57-32(26-48)24-37(46-43(54)58-27-30-13-9-8-10-14-30)41(52)50-20-12-16-36(47-50)42(53)56-6/h8-11,13-15,17-19,23,29,32,36-37,47,51H,7,12,16,20-22,24-28H2,1-6H3,(H,46,54)/t29?,32-,36-,37?/m0/s1. The average molecular weight is 799 g/mol. The van der Waals surface area contributed by atoms with Crippen LogP contribution in [0.15, 0.2) is 66.9 Å². The number of carbonyl (C=O) groups is 3. The molecule has 2 aromatic heterocycles. The second-order valence-corrected chi connectivity index (χ2v) is 15.9. The Hall–Kier alpha value is -5.02. The molecule has 2 aliphatic rings. The van der Waals surface area contributed by atoms with Crippen LogP contribution in [0.25, 0.3) is 22.2 Å². The van der Waals surface area contributed by atoms with E-state index in [0.29, 0.717) is 45.5 Å². The number of carbonyl (C=O) groups excluding carboxylic acids is 3. The highest BCUT2D eigenvalue weighted by molar-refractivity contribution is 5.94. The second kappa shape index (κ2) is 19.2. The second-order valence-electron chi connectivity index (χ2n) is 15.9. The number of hydrazine groups is 1.